The molecule has 1 saturated carbocycles. The van der Waals surface area contributed by atoms with Gasteiger partial charge in [-0.3, -0.25) is 14.7 Å². The van der Waals surface area contributed by atoms with E-state index in [-0.39, 0.29) is 35.6 Å². The zero-order valence-corrected chi connectivity index (χ0v) is 18.7. The van der Waals surface area contributed by atoms with Gasteiger partial charge in [-0.05, 0) is 36.8 Å². The number of amides is 2. The van der Waals surface area contributed by atoms with Crippen molar-refractivity contribution in [2.24, 2.45) is 11.8 Å². The molecular formula is C22H31N5O2S. The number of aromatic amines is 1. The summed E-state index contributed by atoms with van der Waals surface area (Å²) in [5.41, 5.74) is 0.603. The summed E-state index contributed by atoms with van der Waals surface area (Å²) in [5, 5.41) is 13.8. The fourth-order valence-electron chi connectivity index (χ4n) is 3.74. The number of benzene rings is 1. The van der Waals surface area contributed by atoms with Gasteiger partial charge in [0.05, 0.1) is 11.8 Å². The molecule has 3 atom stereocenters. The van der Waals surface area contributed by atoms with Crippen LogP contribution in [0.5, 0.6) is 0 Å². The number of hydrogen-bond donors (Lipinski definition) is 3. The molecule has 3 unspecified atom stereocenters. The van der Waals surface area contributed by atoms with Crippen molar-refractivity contribution in [1.82, 2.24) is 25.8 Å². The van der Waals surface area contributed by atoms with Gasteiger partial charge in [-0.15, -0.1) is 5.10 Å². The summed E-state index contributed by atoms with van der Waals surface area (Å²) in [6, 6.07) is 9.08. The molecule has 1 aromatic heterocycles. The highest BCUT2D eigenvalue weighted by atomic mass is 32.2. The van der Waals surface area contributed by atoms with Gasteiger partial charge < -0.3 is 10.6 Å². The van der Waals surface area contributed by atoms with Crippen LogP contribution in [0.1, 0.15) is 68.7 Å². The third kappa shape index (κ3) is 6.08. The van der Waals surface area contributed by atoms with Gasteiger partial charge in [-0.2, -0.15) is 0 Å². The van der Waals surface area contributed by atoms with E-state index in [0.717, 1.165) is 6.42 Å². The maximum Gasteiger partial charge on any atom is 0.251 e. The van der Waals surface area contributed by atoms with Gasteiger partial charge in [0.2, 0.25) is 11.1 Å². The van der Waals surface area contributed by atoms with E-state index in [1.165, 1.54) is 31.0 Å². The lowest BCUT2D eigenvalue weighted by Crippen LogP contribution is -2.41. The first-order valence-corrected chi connectivity index (χ1v) is 11.6. The first-order chi connectivity index (χ1) is 14.4. The van der Waals surface area contributed by atoms with Crippen LogP contribution in [-0.2, 0) is 4.79 Å². The molecule has 0 spiro atoms. The molecule has 1 aliphatic rings. The maximum atomic E-state index is 12.5. The van der Waals surface area contributed by atoms with Crippen LogP contribution in [0.3, 0.4) is 0 Å². The molecule has 0 bridgehead atoms. The zero-order chi connectivity index (χ0) is 21.5. The van der Waals surface area contributed by atoms with E-state index in [1.807, 2.05) is 32.0 Å². The third-order valence-corrected chi connectivity index (χ3v) is 6.40. The fraction of sp³-hybridized carbons (Fsp3) is 0.545. The number of nitrogens with zero attached hydrogens (tertiary/aromatic N) is 2. The highest BCUT2D eigenvalue weighted by molar-refractivity contribution is 7.99. The fourth-order valence-corrected chi connectivity index (χ4v) is 4.35. The van der Waals surface area contributed by atoms with Crippen LogP contribution in [0.4, 0.5) is 0 Å². The second-order valence-electron chi connectivity index (χ2n) is 8.29. The Hall–Kier alpha value is -2.35. The average molecular weight is 430 g/mol. The molecular weight excluding hydrogens is 398 g/mol. The largest absolute Gasteiger partial charge is 0.352 e. The second-order valence-corrected chi connectivity index (χ2v) is 9.23. The molecule has 0 saturated heterocycles. The van der Waals surface area contributed by atoms with Crippen molar-refractivity contribution >= 4 is 23.6 Å². The number of H-pyrrole nitrogens is 1. The van der Waals surface area contributed by atoms with Crippen molar-refractivity contribution in [3.8, 4) is 0 Å². The maximum absolute atomic E-state index is 12.5. The van der Waals surface area contributed by atoms with Crippen molar-refractivity contribution in [3.05, 3.63) is 41.7 Å². The molecule has 3 rings (SSSR count). The van der Waals surface area contributed by atoms with Crippen LogP contribution in [0.2, 0.25) is 0 Å². The Morgan fingerprint density at radius 1 is 1.20 bits per heavy atom. The van der Waals surface area contributed by atoms with E-state index in [9.17, 15) is 9.59 Å². The number of nitrogens with one attached hydrogen (secondary N) is 3. The Kier molecular flexibility index (Phi) is 7.90. The number of rotatable bonds is 8. The lowest BCUT2D eigenvalue weighted by atomic mass is 9.86. The normalized spacial score (nSPS) is 20.0. The standard InChI is InChI=1S/C22H31N5O2S/c1-14(2)19(24-21(29)16-10-5-4-6-11-16)20-25-22(27-26-20)30-13-18(28)23-17-12-8-7-9-15(17)3/h4-6,10-11,14-15,17,19H,7-9,12-13H2,1-3H3,(H,23,28)(H,24,29)(H,25,26,27). The van der Waals surface area contributed by atoms with Gasteiger partial charge in [-0.1, -0.05) is 63.6 Å². The molecule has 7 nitrogen and oxygen atoms in total. The minimum Gasteiger partial charge on any atom is -0.352 e. The number of thioether (sulfide) groups is 1. The van der Waals surface area contributed by atoms with Crippen LogP contribution < -0.4 is 10.6 Å². The number of carbonyl (C=O) groups is 2. The van der Waals surface area contributed by atoms with Crippen molar-refractivity contribution in [2.75, 3.05) is 5.75 Å². The van der Waals surface area contributed by atoms with Crippen LogP contribution in [0, 0.1) is 11.8 Å². The SMILES string of the molecule is CC(C)C(NC(=O)c1ccccc1)c1nc(SCC(=O)NC2CCCCC2C)n[nH]1. The quantitative estimate of drug-likeness (QED) is 0.556. The Morgan fingerprint density at radius 2 is 1.93 bits per heavy atom. The van der Waals surface area contributed by atoms with Gasteiger partial charge in [0.25, 0.3) is 5.91 Å². The lowest BCUT2D eigenvalue weighted by molar-refractivity contribution is -0.119. The molecule has 0 aliphatic heterocycles. The monoisotopic (exact) mass is 429 g/mol. The number of hydrogen-bond acceptors (Lipinski definition) is 5. The van der Waals surface area contributed by atoms with Crippen LogP contribution in [0.15, 0.2) is 35.5 Å². The molecule has 1 aromatic carbocycles. The summed E-state index contributed by atoms with van der Waals surface area (Å²) in [6.45, 7) is 6.24. The molecule has 162 valence electrons. The molecule has 8 heteroatoms. The highest BCUT2D eigenvalue weighted by Crippen LogP contribution is 2.24. The first-order valence-electron chi connectivity index (χ1n) is 10.6. The molecule has 2 amide bonds. The molecule has 1 aliphatic carbocycles. The van der Waals surface area contributed by atoms with E-state index in [1.54, 1.807) is 12.1 Å². The van der Waals surface area contributed by atoms with Crippen LogP contribution in [0.25, 0.3) is 0 Å². The van der Waals surface area contributed by atoms with Gasteiger partial charge in [0.15, 0.2) is 0 Å². The molecule has 1 heterocycles. The first kappa shape index (κ1) is 22.3. The molecule has 3 N–H and O–H groups in total. The van der Waals surface area contributed by atoms with E-state index >= 15 is 0 Å². The summed E-state index contributed by atoms with van der Waals surface area (Å²) in [7, 11) is 0. The number of carbonyl (C=O) groups excluding carboxylic acids is 2. The summed E-state index contributed by atoms with van der Waals surface area (Å²) in [5.74, 6) is 1.40. The molecule has 2 aromatic rings. The summed E-state index contributed by atoms with van der Waals surface area (Å²) < 4.78 is 0. The Morgan fingerprint density at radius 3 is 2.63 bits per heavy atom. The smallest absolute Gasteiger partial charge is 0.251 e. The minimum absolute atomic E-state index is 0.0166. The molecule has 0 radical (unpaired) electrons. The minimum atomic E-state index is -0.295. The summed E-state index contributed by atoms with van der Waals surface area (Å²) in [6.07, 6.45) is 4.66. The average Bonchev–Trinajstić information content (AvgIpc) is 3.21. The highest BCUT2D eigenvalue weighted by Gasteiger charge is 2.24. The van der Waals surface area contributed by atoms with E-state index < -0.39 is 0 Å². The predicted octanol–water partition coefficient (Wildman–Crippen LogP) is 3.72. The van der Waals surface area contributed by atoms with Gasteiger partial charge in [0.1, 0.15) is 5.82 Å². The van der Waals surface area contributed by atoms with Crippen molar-refractivity contribution in [2.45, 2.75) is 63.7 Å². The topological polar surface area (TPSA) is 99.8 Å². The van der Waals surface area contributed by atoms with Crippen molar-refractivity contribution in [3.63, 3.8) is 0 Å². The third-order valence-electron chi connectivity index (χ3n) is 5.56. The molecule has 1 fully saturated rings. The number of aromatic nitrogens is 3. The lowest BCUT2D eigenvalue weighted by Gasteiger charge is -2.29. The van der Waals surface area contributed by atoms with Gasteiger partial charge in [0, 0.05) is 11.6 Å². The van der Waals surface area contributed by atoms with Crippen molar-refractivity contribution in [1.29, 1.82) is 0 Å². The van der Waals surface area contributed by atoms with E-state index in [0.29, 0.717) is 22.5 Å². The summed E-state index contributed by atoms with van der Waals surface area (Å²) in [4.78, 5) is 29.4. The van der Waals surface area contributed by atoms with Crippen LogP contribution in [-0.4, -0.2) is 38.8 Å². The predicted molar refractivity (Wildman–Crippen MR) is 118 cm³/mol. The Balaban J connectivity index is 1.55. The van der Waals surface area contributed by atoms with Crippen molar-refractivity contribution < 1.29 is 9.59 Å². The van der Waals surface area contributed by atoms with E-state index in [2.05, 4.69) is 32.7 Å². The van der Waals surface area contributed by atoms with Crippen LogP contribution >= 0.6 is 11.8 Å². The van der Waals surface area contributed by atoms with Gasteiger partial charge in [-0.25, -0.2) is 4.98 Å². The Bertz CT molecular complexity index is 839. The second kappa shape index (κ2) is 10.6. The van der Waals surface area contributed by atoms with E-state index in [4.69, 9.17) is 0 Å². The molecule has 30 heavy (non-hydrogen) atoms. The Labute approximate surface area is 182 Å². The van der Waals surface area contributed by atoms with Gasteiger partial charge >= 0.3 is 0 Å². The summed E-state index contributed by atoms with van der Waals surface area (Å²) >= 11 is 1.31. The zero-order valence-electron chi connectivity index (χ0n) is 17.9.